The quantitative estimate of drug-likeness (QED) is 0.198. The monoisotopic (exact) mass is 538 g/mol. The van der Waals surface area contributed by atoms with Gasteiger partial charge in [-0.05, 0) is 23.8 Å². The molecule has 0 atom stereocenters. The fraction of sp³-hybridized carbons (Fsp3) is 0.0909. The van der Waals surface area contributed by atoms with E-state index in [0.29, 0.717) is 10.6 Å². The Morgan fingerprint density at radius 3 is 2.11 bits per heavy atom. The molecule has 3 aromatic carbocycles. The SMILES string of the molecule is NS(=O)(=O)c1ccccc1.O=[N+]([O-])c1ccc(-c2nc(C(F)(F)F)no2)c(SCc2ccccc2)c1. The third-order valence-corrected chi connectivity index (χ3v) is 6.45. The lowest BCUT2D eigenvalue weighted by atomic mass is 10.2. The number of halogens is 3. The van der Waals surface area contributed by atoms with Gasteiger partial charge in [0.15, 0.2) is 0 Å². The zero-order valence-corrected chi connectivity index (χ0v) is 19.8. The van der Waals surface area contributed by atoms with Crippen LogP contribution >= 0.6 is 11.8 Å². The molecule has 188 valence electrons. The lowest BCUT2D eigenvalue weighted by Crippen LogP contribution is -2.11. The van der Waals surface area contributed by atoms with Gasteiger partial charge in [-0.3, -0.25) is 10.1 Å². The molecule has 1 aromatic heterocycles. The standard InChI is InChI=1S/C16H10F3N3O3S.C6H7NO2S/c17-16(18,19)15-20-14(25-21-15)12-7-6-11(22(23)24)8-13(12)26-9-10-4-2-1-3-5-10;7-10(8,9)6-4-2-1-3-5-6/h1-8H,9H2;1-5H,(H2,7,8,9). The molecule has 0 saturated heterocycles. The molecular weight excluding hydrogens is 521 g/mol. The Morgan fingerprint density at radius 2 is 1.61 bits per heavy atom. The highest BCUT2D eigenvalue weighted by atomic mass is 32.2. The van der Waals surface area contributed by atoms with Crippen molar-refractivity contribution in [1.29, 1.82) is 0 Å². The van der Waals surface area contributed by atoms with E-state index in [-0.39, 0.29) is 22.0 Å². The van der Waals surface area contributed by atoms with Crippen molar-refractivity contribution in [3.05, 3.63) is 100 Å². The predicted molar refractivity (Wildman–Crippen MR) is 125 cm³/mol. The number of sulfonamides is 1. The van der Waals surface area contributed by atoms with E-state index >= 15 is 0 Å². The first kappa shape index (κ1) is 26.8. The first-order valence-corrected chi connectivity index (χ1v) is 12.4. The van der Waals surface area contributed by atoms with Crippen LogP contribution in [0.25, 0.3) is 11.5 Å². The molecule has 0 saturated carbocycles. The zero-order chi connectivity index (χ0) is 26.3. The van der Waals surface area contributed by atoms with Crippen LogP contribution in [-0.4, -0.2) is 23.5 Å². The first-order chi connectivity index (χ1) is 16.9. The van der Waals surface area contributed by atoms with E-state index in [9.17, 15) is 31.7 Å². The van der Waals surface area contributed by atoms with Gasteiger partial charge in [-0.15, -0.1) is 11.8 Å². The van der Waals surface area contributed by atoms with Crippen molar-refractivity contribution in [3.8, 4) is 11.5 Å². The molecule has 0 aliphatic carbocycles. The minimum atomic E-state index is -4.74. The van der Waals surface area contributed by atoms with E-state index in [2.05, 4.69) is 10.1 Å². The Balaban J connectivity index is 0.000000303. The molecule has 0 unspecified atom stereocenters. The van der Waals surface area contributed by atoms with Crippen LogP contribution in [0.1, 0.15) is 11.4 Å². The Labute approximate surface area is 207 Å². The third kappa shape index (κ3) is 7.37. The molecule has 9 nitrogen and oxygen atoms in total. The number of non-ortho nitro benzene ring substituents is 1. The van der Waals surface area contributed by atoms with Gasteiger partial charge in [0.25, 0.3) is 17.4 Å². The molecule has 4 rings (SSSR count). The molecule has 0 fully saturated rings. The van der Waals surface area contributed by atoms with Crippen molar-refractivity contribution in [2.24, 2.45) is 5.14 Å². The number of nitro benzene ring substituents is 1. The van der Waals surface area contributed by atoms with Gasteiger partial charge in [-0.1, -0.05) is 53.7 Å². The van der Waals surface area contributed by atoms with Crippen molar-refractivity contribution < 1.29 is 31.0 Å². The van der Waals surface area contributed by atoms with Crippen LogP contribution in [0.15, 0.2) is 93.2 Å². The summed E-state index contributed by atoms with van der Waals surface area (Å²) in [5.41, 5.74) is 0.982. The predicted octanol–water partition coefficient (Wildman–Crippen LogP) is 5.29. The second kappa shape index (κ2) is 11.3. The molecule has 0 radical (unpaired) electrons. The summed E-state index contributed by atoms with van der Waals surface area (Å²) in [6.45, 7) is 0. The molecule has 0 aliphatic rings. The fourth-order valence-electron chi connectivity index (χ4n) is 2.71. The molecule has 0 aliphatic heterocycles. The highest BCUT2D eigenvalue weighted by Gasteiger charge is 2.37. The van der Waals surface area contributed by atoms with Crippen LogP contribution in [0.5, 0.6) is 0 Å². The second-order valence-corrected chi connectivity index (χ2v) is 9.57. The summed E-state index contributed by atoms with van der Waals surface area (Å²) in [6, 6.07) is 20.9. The number of thioether (sulfide) groups is 1. The first-order valence-electron chi connectivity index (χ1n) is 9.89. The van der Waals surface area contributed by atoms with Crippen LogP contribution in [0.4, 0.5) is 18.9 Å². The Hall–Kier alpha value is -3.75. The Bertz CT molecular complexity index is 1430. The second-order valence-electron chi connectivity index (χ2n) is 6.99. The van der Waals surface area contributed by atoms with Crippen LogP contribution < -0.4 is 5.14 Å². The van der Waals surface area contributed by atoms with Gasteiger partial charge in [-0.2, -0.15) is 18.2 Å². The van der Waals surface area contributed by atoms with Gasteiger partial charge in [0.05, 0.1) is 15.4 Å². The van der Waals surface area contributed by atoms with Gasteiger partial charge >= 0.3 is 6.18 Å². The van der Waals surface area contributed by atoms with Crippen LogP contribution in [0.2, 0.25) is 0 Å². The highest BCUT2D eigenvalue weighted by Crippen LogP contribution is 2.36. The van der Waals surface area contributed by atoms with Crippen molar-refractivity contribution in [2.45, 2.75) is 21.7 Å². The summed E-state index contributed by atoms with van der Waals surface area (Å²) in [5, 5.41) is 18.8. The van der Waals surface area contributed by atoms with E-state index in [1.165, 1.54) is 42.1 Å². The lowest BCUT2D eigenvalue weighted by Gasteiger charge is -2.06. The fourth-order valence-corrected chi connectivity index (χ4v) is 4.28. The number of hydrogen-bond donors (Lipinski definition) is 1. The molecule has 1 heterocycles. The van der Waals surface area contributed by atoms with Gasteiger partial charge in [-0.25, -0.2) is 13.6 Å². The van der Waals surface area contributed by atoms with Crippen molar-refractivity contribution in [3.63, 3.8) is 0 Å². The van der Waals surface area contributed by atoms with Crippen LogP contribution in [0.3, 0.4) is 0 Å². The number of alkyl halides is 3. The smallest absolute Gasteiger partial charge is 0.334 e. The van der Waals surface area contributed by atoms with Gasteiger partial charge in [0, 0.05) is 22.8 Å². The normalized spacial score (nSPS) is 11.4. The topological polar surface area (TPSA) is 142 Å². The molecule has 2 N–H and O–H groups in total. The lowest BCUT2D eigenvalue weighted by molar-refractivity contribution is -0.385. The van der Waals surface area contributed by atoms with E-state index in [4.69, 9.17) is 9.66 Å². The number of nitrogens with two attached hydrogens (primary N) is 1. The summed E-state index contributed by atoms with van der Waals surface area (Å²) in [5.74, 6) is -1.28. The van der Waals surface area contributed by atoms with Crippen molar-refractivity contribution in [1.82, 2.24) is 10.1 Å². The molecule has 0 spiro atoms. The summed E-state index contributed by atoms with van der Waals surface area (Å²) in [7, 11) is -3.50. The average molecular weight is 539 g/mol. The zero-order valence-electron chi connectivity index (χ0n) is 18.1. The highest BCUT2D eigenvalue weighted by molar-refractivity contribution is 7.98. The number of nitrogens with zero attached hydrogens (tertiary/aromatic N) is 3. The van der Waals surface area contributed by atoms with E-state index in [1.54, 1.807) is 18.2 Å². The molecule has 0 amide bonds. The van der Waals surface area contributed by atoms with Crippen molar-refractivity contribution in [2.75, 3.05) is 0 Å². The number of primary sulfonamides is 1. The minimum Gasteiger partial charge on any atom is -0.334 e. The molecular formula is C22H17F3N4O5S2. The van der Waals surface area contributed by atoms with Gasteiger partial charge < -0.3 is 4.52 Å². The molecule has 14 heteroatoms. The Morgan fingerprint density at radius 1 is 1.00 bits per heavy atom. The molecule has 4 aromatic rings. The number of hydrogen-bond acceptors (Lipinski definition) is 8. The van der Waals surface area contributed by atoms with E-state index < -0.39 is 26.9 Å². The minimum absolute atomic E-state index is 0.148. The maximum atomic E-state index is 12.7. The number of nitro groups is 1. The maximum absolute atomic E-state index is 12.7. The number of aromatic nitrogens is 2. The number of rotatable bonds is 6. The van der Waals surface area contributed by atoms with Crippen LogP contribution in [-0.2, 0) is 22.0 Å². The third-order valence-electron chi connectivity index (χ3n) is 4.39. The Kier molecular flexibility index (Phi) is 8.45. The molecule has 36 heavy (non-hydrogen) atoms. The summed E-state index contributed by atoms with van der Waals surface area (Å²) < 4.78 is 64.0. The van der Waals surface area contributed by atoms with Gasteiger partial charge in [0.1, 0.15) is 0 Å². The molecule has 0 bridgehead atoms. The summed E-state index contributed by atoms with van der Waals surface area (Å²) in [6.07, 6.45) is -4.74. The summed E-state index contributed by atoms with van der Waals surface area (Å²) in [4.78, 5) is 14.3. The van der Waals surface area contributed by atoms with E-state index in [0.717, 1.165) is 5.56 Å². The van der Waals surface area contributed by atoms with Crippen molar-refractivity contribution >= 4 is 27.5 Å². The van der Waals surface area contributed by atoms with E-state index in [1.807, 2.05) is 30.3 Å². The average Bonchev–Trinajstić information content (AvgIpc) is 3.34. The largest absolute Gasteiger partial charge is 0.455 e. The summed E-state index contributed by atoms with van der Waals surface area (Å²) >= 11 is 1.23. The van der Waals surface area contributed by atoms with Gasteiger partial charge in [0.2, 0.25) is 10.0 Å². The van der Waals surface area contributed by atoms with Crippen LogP contribution in [0, 0.1) is 10.1 Å². The maximum Gasteiger partial charge on any atom is 0.455 e. The number of benzene rings is 3.